The Morgan fingerprint density at radius 3 is 2.64 bits per heavy atom. The number of H-pyrrole nitrogens is 1. The normalized spacial score (nSPS) is 19.1. The van der Waals surface area contributed by atoms with Crippen LogP contribution in [0.4, 0.5) is 0 Å². The third kappa shape index (κ3) is 6.40. The lowest BCUT2D eigenvalue weighted by molar-refractivity contribution is 0.0524. The molecule has 7 nitrogen and oxygen atoms in total. The first-order chi connectivity index (χ1) is 17.3. The maximum absolute atomic E-state index is 13.0. The van der Waals surface area contributed by atoms with Crippen molar-refractivity contribution >= 4 is 17.5 Å². The Hall–Kier alpha value is -3.00. The molecule has 0 saturated heterocycles. The molecule has 36 heavy (non-hydrogen) atoms. The number of hydrogen-bond acceptors (Lipinski definition) is 5. The van der Waals surface area contributed by atoms with Crippen LogP contribution in [0.5, 0.6) is 0 Å². The predicted molar refractivity (Wildman–Crippen MR) is 139 cm³/mol. The number of pyridine rings is 2. The number of rotatable bonds is 9. The Morgan fingerprint density at radius 1 is 1.19 bits per heavy atom. The molecule has 0 aliphatic heterocycles. The number of halogens is 1. The molecular formula is C28H32ClN3O4. The molecule has 1 aliphatic rings. The average Bonchev–Trinajstić information content (AvgIpc) is 3.35. The van der Waals surface area contributed by atoms with Crippen LogP contribution in [0.15, 0.2) is 65.6 Å². The number of aromatic nitrogens is 2. The van der Waals surface area contributed by atoms with Gasteiger partial charge in [-0.3, -0.25) is 9.59 Å². The van der Waals surface area contributed by atoms with Gasteiger partial charge in [0.15, 0.2) is 0 Å². The summed E-state index contributed by atoms with van der Waals surface area (Å²) in [5.74, 6) is 0.591. The fraction of sp³-hybridized carbons (Fsp3) is 0.393. The van der Waals surface area contributed by atoms with Gasteiger partial charge in [-0.1, -0.05) is 35.9 Å². The van der Waals surface area contributed by atoms with Gasteiger partial charge >= 0.3 is 0 Å². The quantitative estimate of drug-likeness (QED) is 0.412. The van der Waals surface area contributed by atoms with Crippen molar-refractivity contribution in [3.63, 3.8) is 0 Å². The van der Waals surface area contributed by atoms with Gasteiger partial charge < -0.3 is 19.7 Å². The Balaban J connectivity index is 1.31. The Bertz CT molecular complexity index is 1210. The summed E-state index contributed by atoms with van der Waals surface area (Å²) in [7, 11) is 3.28. The van der Waals surface area contributed by atoms with Crippen LogP contribution in [0.1, 0.15) is 58.6 Å². The molecule has 0 bridgehead atoms. The number of aromatic amines is 1. The van der Waals surface area contributed by atoms with E-state index in [2.05, 4.69) is 9.97 Å². The monoisotopic (exact) mass is 509 g/mol. The van der Waals surface area contributed by atoms with E-state index in [4.69, 9.17) is 16.3 Å². The van der Waals surface area contributed by atoms with E-state index in [1.165, 1.54) is 11.6 Å². The van der Waals surface area contributed by atoms with Crippen LogP contribution >= 0.6 is 11.6 Å². The minimum atomic E-state index is -0.528. The van der Waals surface area contributed by atoms with Crippen LogP contribution in [-0.4, -0.2) is 46.6 Å². The van der Waals surface area contributed by atoms with Gasteiger partial charge in [-0.25, -0.2) is 4.98 Å². The van der Waals surface area contributed by atoms with E-state index in [-0.39, 0.29) is 17.4 Å². The summed E-state index contributed by atoms with van der Waals surface area (Å²) in [6.45, 7) is 0.311. The van der Waals surface area contributed by atoms with Gasteiger partial charge in [-0.05, 0) is 72.9 Å². The number of hydrogen-bond donors (Lipinski definition) is 2. The first-order valence-corrected chi connectivity index (χ1v) is 12.6. The van der Waals surface area contributed by atoms with Crippen molar-refractivity contribution in [1.29, 1.82) is 0 Å². The Kier molecular flexibility index (Phi) is 8.56. The lowest BCUT2D eigenvalue weighted by Crippen LogP contribution is -2.32. The predicted octanol–water partition coefficient (Wildman–Crippen LogP) is 4.58. The molecule has 0 spiro atoms. The molecule has 2 aromatic heterocycles. The third-order valence-corrected chi connectivity index (χ3v) is 7.28. The molecule has 1 fully saturated rings. The smallest absolute Gasteiger partial charge is 0.253 e. The standard InChI is InChI=1S/C28H32ClN3O4/c1-32(17-24(36-2)23-4-3-5-26(33)31-23)28(35)20-9-6-18(7-10-20)14-19-8-11-21(15-19)27(34)22-12-13-25(29)30-16-22/h3-7,9-10,12-13,16,19,21,24,27,34H,8,11,14-15,17H2,1-2H3,(H,31,33)/t19-,21-,24?,27-/m0/s1. The number of amides is 1. The van der Waals surface area contributed by atoms with Crippen LogP contribution in [0, 0.1) is 11.8 Å². The summed E-state index contributed by atoms with van der Waals surface area (Å²) < 4.78 is 5.51. The highest BCUT2D eigenvalue weighted by Gasteiger charge is 2.31. The summed E-state index contributed by atoms with van der Waals surface area (Å²) in [5, 5.41) is 11.2. The van der Waals surface area contributed by atoms with Crippen LogP contribution in [0.25, 0.3) is 0 Å². The molecule has 1 saturated carbocycles. The van der Waals surface area contributed by atoms with Crippen LogP contribution < -0.4 is 5.56 Å². The van der Waals surface area contributed by atoms with Crippen molar-refractivity contribution < 1.29 is 14.6 Å². The van der Waals surface area contributed by atoms with E-state index in [1.807, 2.05) is 30.3 Å². The van der Waals surface area contributed by atoms with Gasteiger partial charge in [0.05, 0.1) is 12.6 Å². The van der Waals surface area contributed by atoms with Crippen molar-refractivity contribution in [2.45, 2.75) is 37.9 Å². The van der Waals surface area contributed by atoms with E-state index in [0.717, 1.165) is 31.2 Å². The van der Waals surface area contributed by atoms with Crippen molar-refractivity contribution in [2.24, 2.45) is 11.8 Å². The van der Waals surface area contributed by atoms with Gasteiger partial charge in [0.1, 0.15) is 11.3 Å². The molecule has 0 radical (unpaired) electrons. The number of nitrogens with zero attached hydrogens (tertiary/aromatic N) is 2. The fourth-order valence-electron chi connectivity index (χ4n) is 5.04. The SMILES string of the molecule is COC(CN(C)C(=O)c1ccc(C[C@@H]2CC[C@H]([C@H](O)c3ccc(Cl)nc3)C2)cc1)c1cccc(=O)[nH]1. The minimum absolute atomic E-state index is 0.109. The van der Waals surface area contributed by atoms with Crippen molar-refractivity contribution in [3.05, 3.63) is 98.7 Å². The number of benzene rings is 1. The van der Waals surface area contributed by atoms with E-state index in [9.17, 15) is 14.7 Å². The maximum Gasteiger partial charge on any atom is 0.253 e. The molecule has 2 N–H and O–H groups in total. The lowest BCUT2D eigenvalue weighted by atomic mass is 9.92. The molecule has 2 heterocycles. The number of likely N-dealkylation sites (N-methyl/N-ethyl adjacent to an activating group) is 1. The lowest BCUT2D eigenvalue weighted by Gasteiger charge is -2.23. The first-order valence-electron chi connectivity index (χ1n) is 12.2. The largest absolute Gasteiger partial charge is 0.388 e. The fourth-order valence-corrected chi connectivity index (χ4v) is 5.15. The zero-order chi connectivity index (χ0) is 25.7. The number of aliphatic hydroxyl groups excluding tert-OH is 1. The molecule has 4 atom stereocenters. The molecular weight excluding hydrogens is 478 g/mol. The van der Waals surface area contributed by atoms with Crippen LogP contribution in [-0.2, 0) is 11.2 Å². The summed E-state index contributed by atoms with van der Waals surface area (Å²) in [6, 6.07) is 16.2. The number of carbonyl (C=O) groups is 1. The highest BCUT2D eigenvalue weighted by atomic mass is 35.5. The second-order valence-corrected chi connectivity index (χ2v) is 9.97. The summed E-state index contributed by atoms with van der Waals surface area (Å²) in [4.78, 5) is 33.1. The zero-order valence-corrected chi connectivity index (χ0v) is 21.3. The second kappa shape index (κ2) is 11.8. The Labute approximate surface area is 216 Å². The van der Waals surface area contributed by atoms with Crippen LogP contribution in [0.3, 0.4) is 0 Å². The van der Waals surface area contributed by atoms with Gasteiger partial charge in [0, 0.05) is 37.7 Å². The molecule has 1 aromatic carbocycles. The summed E-state index contributed by atoms with van der Waals surface area (Å²) in [6.07, 6.45) is 4.60. The number of nitrogens with one attached hydrogen (secondary N) is 1. The molecule has 1 unspecified atom stereocenters. The topological polar surface area (TPSA) is 95.5 Å². The highest BCUT2D eigenvalue weighted by Crippen LogP contribution is 2.40. The van der Waals surface area contributed by atoms with E-state index in [1.54, 1.807) is 43.5 Å². The zero-order valence-electron chi connectivity index (χ0n) is 20.6. The van der Waals surface area contributed by atoms with E-state index >= 15 is 0 Å². The molecule has 190 valence electrons. The van der Waals surface area contributed by atoms with Gasteiger partial charge in [-0.2, -0.15) is 0 Å². The van der Waals surface area contributed by atoms with Crippen molar-refractivity contribution in [3.8, 4) is 0 Å². The molecule has 1 amide bonds. The molecule has 4 rings (SSSR count). The second-order valence-electron chi connectivity index (χ2n) is 9.58. The van der Waals surface area contributed by atoms with Crippen molar-refractivity contribution in [1.82, 2.24) is 14.9 Å². The number of ether oxygens (including phenoxy) is 1. The molecule has 8 heteroatoms. The number of methoxy groups -OCH3 is 1. The Morgan fingerprint density at radius 2 is 1.97 bits per heavy atom. The molecule has 3 aromatic rings. The van der Waals surface area contributed by atoms with Crippen molar-refractivity contribution in [2.75, 3.05) is 20.7 Å². The summed E-state index contributed by atoms with van der Waals surface area (Å²) in [5.41, 5.74) is 3.02. The third-order valence-electron chi connectivity index (χ3n) is 7.05. The first kappa shape index (κ1) is 26.1. The maximum atomic E-state index is 13.0. The van der Waals surface area contributed by atoms with Crippen LogP contribution in [0.2, 0.25) is 5.15 Å². The van der Waals surface area contributed by atoms with Gasteiger partial charge in [0.25, 0.3) is 5.91 Å². The van der Waals surface area contributed by atoms with Gasteiger partial charge in [0.2, 0.25) is 5.56 Å². The minimum Gasteiger partial charge on any atom is -0.388 e. The number of aliphatic hydroxyl groups is 1. The number of carbonyl (C=O) groups excluding carboxylic acids is 1. The molecule has 1 aliphatic carbocycles. The van der Waals surface area contributed by atoms with Gasteiger partial charge in [-0.15, -0.1) is 0 Å². The average molecular weight is 510 g/mol. The highest BCUT2D eigenvalue weighted by molar-refractivity contribution is 6.29. The van der Waals surface area contributed by atoms with E-state index in [0.29, 0.717) is 28.9 Å². The van der Waals surface area contributed by atoms with E-state index < -0.39 is 12.2 Å². The summed E-state index contributed by atoms with van der Waals surface area (Å²) >= 11 is 5.86.